The number of methoxy groups -OCH3 is 1. The molecular formula is C37H42Cl2IN9O3. The molecule has 2 aliphatic rings. The predicted octanol–water partition coefficient (Wildman–Crippen LogP) is 6.72. The maximum absolute atomic E-state index is 14.4. The number of carbonyl (C=O) groups is 1. The van der Waals surface area contributed by atoms with E-state index in [1.807, 2.05) is 36.1 Å². The number of amides is 1. The van der Waals surface area contributed by atoms with Gasteiger partial charge in [0.05, 0.1) is 44.4 Å². The lowest BCUT2D eigenvalue weighted by atomic mass is 9.76. The zero-order valence-corrected chi connectivity index (χ0v) is 32.9. The van der Waals surface area contributed by atoms with Crippen LogP contribution >= 0.6 is 45.8 Å². The maximum atomic E-state index is 14.4. The summed E-state index contributed by atoms with van der Waals surface area (Å²) in [7, 11) is 1.58. The van der Waals surface area contributed by atoms with Crippen molar-refractivity contribution >= 4 is 68.7 Å². The van der Waals surface area contributed by atoms with Crippen molar-refractivity contribution in [2.24, 2.45) is 0 Å². The van der Waals surface area contributed by atoms with Gasteiger partial charge in [-0.1, -0.05) is 64.0 Å². The summed E-state index contributed by atoms with van der Waals surface area (Å²) in [5.41, 5.74) is 4.03. The number of tetrazole rings is 1. The van der Waals surface area contributed by atoms with E-state index >= 15 is 0 Å². The number of rotatable bonds is 12. The Bertz CT molecular complexity index is 2010. The van der Waals surface area contributed by atoms with Crippen molar-refractivity contribution in [1.82, 2.24) is 40.0 Å². The lowest BCUT2D eigenvalue weighted by Crippen LogP contribution is -2.43. The fraction of sp³-hybridized carbons (Fsp3) is 0.432. The van der Waals surface area contributed by atoms with Gasteiger partial charge < -0.3 is 28.7 Å². The number of aromatic amines is 1. The highest BCUT2D eigenvalue weighted by molar-refractivity contribution is 14.1. The highest BCUT2D eigenvalue weighted by atomic mass is 127. The summed E-state index contributed by atoms with van der Waals surface area (Å²) in [4.78, 5) is 26.4. The van der Waals surface area contributed by atoms with E-state index in [2.05, 4.69) is 81.8 Å². The lowest BCUT2D eigenvalue weighted by Gasteiger charge is -2.37. The number of anilines is 1. The first-order valence-electron chi connectivity index (χ1n) is 17.7. The maximum Gasteiger partial charge on any atom is 0.258 e. The van der Waals surface area contributed by atoms with Crippen LogP contribution in [0, 0.1) is 0 Å². The molecule has 2 saturated heterocycles. The van der Waals surface area contributed by atoms with Gasteiger partial charge in [-0.2, -0.15) is 0 Å². The molecule has 4 heterocycles. The SMILES string of the molecule is CCOCCn1c(N2CCCN(CCC3(c4ccc(Cl)c(Cl)c4)CCN(C(=O)c4cc(-c5nnn[nH]5)ccc4OC)C3I)CC2)nc2ccccc21. The van der Waals surface area contributed by atoms with E-state index in [0.717, 1.165) is 81.1 Å². The summed E-state index contributed by atoms with van der Waals surface area (Å²) in [6.07, 6.45) is 2.64. The number of hydrogen-bond acceptors (Lipinski definition) is 9. The monoisotopic (exact) mass is 857 g/mol. The molecule has 2 aliphatic heterocycles. The fourth-order valence-electron chi connectivity index (χ4n) is 7.57. The van der Waals surface area contributed by atoms with Gasteiger partial charge >= 0.3 is 0 Å². The molecule has 3 aromatic carbocycles. The Kier molecular flexibility index (Phi) is 11.5. The standard InChI is InChI=1S/C37H42Cl2IN9O3/c1-3-52-22-21-48-31-8-5-4-7-30(31)41-36(48)47-16-6-15-46(19-20-47)17-13-37(26-10-11-28(38)29(39)24-26)14-18-49(35(37)40)34(50)27-23-25(9-12-32(27)51-2)33-42-44-45-43-33/h4-5,7-12,23-24,35H,3,6,13-22H2,1-2H3,(H,42,43,44,45). The Morgan fingerprint density at radius 3 is 2.67 bits per heavy atom. The molecule has 2 atom stereocenters. The van der Waals surface area contributed by atoms with Crippen LogP contribution in [0.25, 0.3) is 22.4 Å². The molecule has 1 amide bonds. The zero-order chi connectivity index (χ0) is 36.2. The van der Waals surface area contributed by atoms with Gasteiger partial charge in [0.25, 0.3) is 5.91 Å². The average molecular weight is 859 g/mol. The summed E-state index contributed by atoms with van der Waals surface area (Å²) in [5, 5.41) is 15.2. The van der Waals surface area contributed by atoms with Crippen LogP contribution in [0.3, 0.4) is 0 Å². The van der Waals surface area contributed by atoms with Gasteiger partial charge in [-0.05, 0) is 97.7 Å². The van der Waals surface area contributed by atoms with Crippen LogP contribution < -0.4 is 9.64 Å². The number of H-pyrrole nitrogens is 1. The number of imidazole rings is 1. The number of nitrogens with zero attached hydrogens (tertiary/aromatic N) is 8. The number of halogens is 3. The largest absolute Gasteiger partial charge is 0.496 e. The van der Waals surface area contributed by atoms with Crippen LogP contribution in [0.5, 0.6) is 5.75 Å². The third kappa shape index (κ3) is 7.34. The molecule has 5 aromatic rings. The van der Waals surface area contributed by atoms with Gasteiger partial charge in [0.1, 0.15) is 5.75 Å². The number of ether oxygens (including phenoxy) is 2. The molecule has 1 N–H and O–H groups in total. The summed E-state index contributed by atoms with van der Waals surface area (Å²) < 4.78 is 13.5. The van der Waals surface area contributed by atoms with Crippen molar-refractivity contribution in [2.75, 3.05) is 64.5 Å². The number of benzene rings is 3. The molecule has 2 fully saturated rings. The first-order chi connectivity index (χ1) is 25.3. The number of alkyl halides is 1. The molecule has 0 bridgehead atoms. The lowest BCUT2D eigenvalue weighted by molar-refractivity contribution is 0.0767. The first-order valence-corrected chi connectivity index (χ1v) is 19.7. The highest BCUT2D eigenvalue weighted by Gasteiger charge is 2.49. The van der Waals surface area contributed by atoms with Crippen molar-refractivity contribution < 1.29 is 14.3 Å². The second kappa shape index (κ2) is 16.3. The Morgan fingerprint density at radius 2 is 1.88 bits per heavy atom. The van der Waals surface area contributed by atoms with Gasteiger partial charge in [0.15, 0.2) is 5.82 Å². The van der Waals surface area contributed by atoms with E-state index in [9.17, 15) is 4.79 Å². The summed E-state index contributed by atoms with van der Waals surface area (Å²) in [6, 6.07) is 19.7. The highest BCUT2D eigenvalue weighted by Crippen LogP contribution is 2.48. The molecule has 52 heavy (non-hydrogen) atoms. The van der Waals surface area contributed by atoms with Crippen molar-refractivity contribution in [1.29, 1.82) is 0 Å². The van der Waals surface area contributed by atoms with Crippen molar-refractivity contribution in [3.05, 3.63) is 81.8 Å². The van der Waals surface area contributed by atoms with E-state index in [-0.39, 0.29) is 15.4 Å². The zero-order valence-electron chi connectivity index (χ0n) is 29.3. The molecule has 0 spiro atoms. The van der Waals surface area contributed by atoms with Gasteiger partial charge in [-0.15, -0.1) is 5.10 Å². The number of para-hydroxylation sites is 2. The van der Waals surface area contributed by atoms with E-state index < -0.39 is 0 Å². The molecule has 0 aliphatic carbocycles. The number of carbonyl (C=O) groups excluding carboxylic acids is 1. The van der Waals surface area contributed by atoms with Crippen LogP contribution in [-0.4, -0.2) is 110 Å². The van der Waals surface area contributed by atoms with Crippen LogP contribution in [0.15, 0.2) is 60.7 Å². The number of nitrogens with one attached hydrogen (secondary N) is 1. The number of hydrogen-bond donors (Lipinski definition) is 1. The number of aromatic nitrogens is 6. The number of fused-ring (bicyclic) bond motifs is 1. The van der Waals surface area contributed by atoms with E-state index in [1.165, 1.54) is 0 Å². The normalized spacial score (nSPS) is 19.8. The molecule has 0 radical (unpaired) electrons. The minimum Gasteiger partial charge on any atom is -0.496 e. The van der Waals surface area contributed by atoms with E-state index in [1.54, 1.807) is 19.2 Å². The fourth-order valence-corrected chi connectivity index (χ4v) is 9.38. The topological polar surface area (TPSA) is 118 Å². The van der Waals surface area contributed by atoms with Crippen molar-refractivity contribution in [3.63, 3.8) is 0 Å². The van der Waals surface area contributed by atoms with Gasteiger partial charge in [0, 0.05) is 50.3 Å². The molecule has 2 unspecified atom stereocenters. The molecule has 15 heteroatoms. The summed E-state index contributed by atoms with van der Waals surface area (Å²) in [6.45, 7) is 9.24. The van der Waals surface area contributed by atoms with Gasteiger partial charge in [0.2, 0.25) is 5.95 Å². The Labute approximate surface area is 326 Å². The van der Waals surface area contributed by atoms with Gasteiger partial charge in [-0.3, -0.25) is 4.79 Å². The second-order valence-corrected chi connectivity index (χ2v) is 15.2. The number of likely N-dealkylation sites (tertiary alicyclic amines) is 1. The summed E-state index contributed by atoms with van der Waals surface area (Å²) in [5.74, 6) is 1.88. The van der Waals surface area contributed by atoms with E-state index in [4.69, 9.17) is 37.7 Å². The molecular weight excluding hydrogens is 816 g/mol. The molecule has 2 aromatic heterocycles. The van der Waals surface area contributed by atoms with E-state index in [0.29, 0.717) is 52.5 Å². The second-order valence-electron chi connectivity index (χ2n) is 13.2. The van der Waals surface area contributed by atoms with Crippen molar-refractivity contribution in [3.8, 4) is 17.1 Å². The molecule has 274 valence electrons. The van der Waals surface area contributed by atoms with Gasteiger partial charge in [-0.25, -0.2) is 10.1 Å². The molecule has 0 saturated carbocycles. The van der Waals surface area contributed by atoms with Crippen LogP contribution in [-0.2, 0) is 16.7 Å². The Hall–Kier alpha value is -3.50. The molecule has 7 rings (SSSR count). The average Bonchev–Trinajstić information content (AvgIpc) is 3.86. The first kappa shape index (κ1) is 36.8. The molecule has 12 nitrogen and oxygen atoms in total. The Morgan fingerprint density at radius 1 is 1.02 bits per heavy atom. The van der Waals surface area contributed by atoms with Crippen LogP contribution in [0.1, 0.15) is 42.1 Å². The minimum atomic E-state index is -0.358. The third-order valence-electron chi connectivity index (χ3n) is 10.4. The van der Waals surface area contributed by atoms with Crippen molar-refractivity contribution in [2.45, 2.75) is 42.2 Å². The Balaban J connectivity index is 1.11. The van der Waals surface area contributed by atoms with Crippen LogP contribution in [0.4, 0.5) is 5.95 Å². The quantitative estimate of drug-likeness (QED) is 0.0633. The minimum absolute atomic E-state index is 0.106. The summed E-state index contributed by atoms with van der Waals surface area (Å²) >= 11 is 15.5. The predicted molar refractivity (Wildman–Crippen MR) is 212 cm³/mol. The smallest absolute Gasteiger partial charge is 0.258 e. The third-order valence-corrected chi connectivity index (χ3v) is 13.0. The van der Waals surface area contributed by atoms with Crippen LogP contribution in [0.2, 0.25) is 10.0 Å².